The molecular formula is C34H29F3N4O4S. The number of alkyl halides is 3. The van der Waals surface area contributed by atoms with Gasteiger partial charge in [-0.25, -0.2) is 18.1 Å². The van der Waals surface area contributed by atoms with E-state index in [2.05, 4.69) is 15.3 Å². The first kappa shape index (κ1) is 31.2. The van der Waals surface area contributed by atoms with Gasteiger partial charge in [-0.3, -0.25) is 14.8 Å². The minimum atomic E-state index is -5.63. The highest BCUT2D eigenvalue weighted by atomic mass is 32.2. The van der Waals surface area contributed by atoms with E-state index >= 15 is 0 Å². The number of para-hydroxylation sites is 2. The average molecular weight is 647 g/mol. The Hall–Kier alpha value is -4.84. The molecule has 0 bridgehead atoms. The number of pyridine rings is 2. The highest BCUT2D eigenvalue weighted by molar-refractivity contribution is 7.92. The van der Waals surface area contributed by atoms with Crippen LogP contribution in [0.1, 0.15) is 47.9 Å². The summed E-state index contributed by atoms with van der Waals surface area (Å²) in [6, 6.07) is 17.7. The van der Waals surface area contributed by atoms with Gasteiger partial charge in [0.05, 0.1) is 21.6 Å². The van der Waals surface area contributed by atoms with Gasteiger partial charge in [0.15, 0.2) is 0 Å². The molecule has 2 aromatic heterocycles. The first-order valence-electron chi connectivity index (χ1n) is 14.5. The first-order valence-corrected chi connectivity index (χ1v) is 15.9. The maximum absolute atomic E-state index is 14.9. The predicted molar refractivity (Wildman–Crippen MR) is 168 cm³/mol. The average Bonchev–Trinajstić information content (AvgIpc) is 3.30. The SMILES string of the molecule is Cc1cnc2ccccc2c1C(C)C1(C(C)c2c(C)cnc3ccccc23)NC(=O)N(c2ccc(S(=O)(=O)C(F)(F)F)cc2)C1=O. The third kappa shape index (κ3) is 4.61. The van der Waals surface area contributed by atoms with Crippen LogP contribution in [0.4, 0.5) is 23.7 Å². The number of hydrogen-bond acceptors (Lipinski definition) is 6. The Morgan fingerprint density at radius 2 is 1.22 bits per heavy atom. The number of fused-ring (bicyclic) bond motifs is 2. The molecule has 3 aromatic carbocycles. The van der Waals surface area contributed by atoms with Gasteiger partial charge in [0.2, 0.25) is 0 Å². The van der Waals surface area contributed by atoms with Crippen LogP contribution >= 0.6 is 0 Å². The number of nitrogens with one attached hydrogen (secondary N) is 1. The van der Waals surface area contributed by atoms with Gasteiger partial charge in [0, 0.05) is 35.0 Å². The van der Waals surface area contributed by atoms with E-state index in [0.29, 0.717) is 11.0 Å². The summed E-state index contributed by atoms with van der Waals surface area (Å²) < 4.78 is 63.6. The van der Waals surface area contributed by atoms with Gasteiger partial charge in [-0.15, -0.1) is 0 Å². The van der Waals surface area contributed by atoms with Crippen molar-refractivity contribution >= 4 is 49.3 Å². The van der Waals surface area contributed by atoms with Crippen molar-refractivity contribution in [2.75, 3.05) is 4.90 Å². The molecule has 3 heterocycles. The van der Waals surface area contributed by atoms with Crippen LogP contribution in [0.15, 0.2) is 90.1 Å². The van der Waals surface area contributed by atoms with Crippen molar-refractivity contribution < 1.29 is 31.2 Å². The number of rotatable bonds is 6. The summed E-state index contributed by atoms with van der Waals surface area (Å²) in [7, 11) is -5.63. The smallest absolute Gasteiger partial charge is 0.322 e. The third-order valence-corrected chi connectivity index (χ3v) is 10.6. The number of aromatic nitrogens is 2. The van der Waals surface area contributed by atoms with Crippen LogP contribution in [0.2, 0.25) is 0 Å². The molecule has 0 aliphatic carbocycles. The molecule has 0 radical (unpaired) electrons. The van der Waals surface area contributed by atoms with Crippen LogP contribution in [0.5, 0.6) is 0 Å². The van der Waals surface area contributed by atoms with Gasteiger partial charge in [-0.1, -0.05) is 50.2 Å². The Kier molecular flexibility index (Phi) is 7.38. The van der Waals surface area contributed by atoms with Crippen molar-refractivity contribution in [2.45, 2.75) is 55.5 Å². The largest absolute Gasteiger partial charge is 0.501 e. The van der Waals surface area contributed by atoms with Crippen molar-refractivity contribution in [3.8, 4) is 0 Å². The van der Waals surface area contributed by atoms with Crippen molar-refractivity contribution in [1.82, 2.24) is 15.3 Å². The summed E-state index contributed by atoms with van der Waals surface area (Å²) in [6.45, 7) is 7.50. The van der Waals surface area contributed by atoms with E-state index in [4.69, 9.17) is 0 Å². The zero-order valence-corrected chi connectivity index (χ0v) is 26.1. The predicted octanol–water partition coefficient (Wildman–Crippen LogP) is 7.10. The van der Waals surface area contributed by atoms with Crippen LogP contribution in [0.3, 0.4) is 0 Å². The fourth-order valence-corrected chi connectivity index (χ4v) is 7.56. The molecule has 2 unspecified atom stereocenters. The number of nitrogens with zero attached hydrogens (tertiary/aromatic N) is 3. The summed E-state index contributed by atoms with van der Waals surface area (Å²) in [4.78, 5) is 37.8. The van der Waals surface area contributed by atoms with E-state index in [1.54, 1.807) is 12.4 Å². The minimum absolute atomic E-state index is 0.0717. The number of amides is 3. The molecule has 1 aliphatic heterocycles. The summed E-state index contributed by atoms with van der Waals surface area (Å²) in [5, 5.41) is 4.62. The summed E-state index contributed by atoms with van der Waals surface area (Å²) >= 11 is 0. The Bertz CT molecular complexity index is 2060. The van der Waals surface area contributed by atoms with Crippen molar-refractivity contribution in [2.24, 2.45) is 0 Å². The van der Waals surface area contributed by atoms with E-state index in [-0.39, 0.29) is 5.69 Å². The summed E-state index contributed by atoms with van der Waals surface area (Å²) in [5.74, 6) is -1.93. The second kappa shape index (κ2) is 10.9. The van der Waals surface area contributed by atoms with Gasteiger partial charge in [-0.2, -0.15) is 13.2 Å². The van der Waals surface area contributed by atoms with Crippen molar-refractivity contribution in [3.05, 3.63) is 107 Å². The van der Waals surface area contributed by atoms with Gasteiger partial charge in [0.1, 0.15) is 5.54 Å². The molecule has 0 spiro atoms. The van der Waals surface area contributed by atoms with E-state index in [1.807, 2.05) is 76.2 Å². The summed E-state index contributed by atoms with van der Waals surface area (Å²) in [6.07, 6.45) is 3.44. The van der Waals surface area contributed by atoms with Crippen molar-refractivity contribution in [3.63, 3.8) is 0 Å². The lowest BCUT2D eigenvalue weighted by atomic mass is 9.67. The van der Waals surface area contributed by atoms with Gasteiger partial charge >= 0.3 is 11.5 Å². The maximum atomic E-state index is 14.9. The highest BCUT2D eigenvalue weighted by Gasteiger charge is 2.59. The lowest BCUT2D eigenvalue weighted by Crippen LogP contribution is -2.55. The quantitative estimate of drug-likeness (QED) is 0.197. The number of halogens is 3. The van der Waals surface area contributed by atoms with Crippen LogP contribution < -0.4 is 10.2 Å². The van der Waals surface area contributed by atoms with Gasteiger partial charge in [0.25, 0.3) is 15.7 Å². The number of urea groups is 1. The summed E-state index contributed by atoms with van der Waals surface area (Å²) in [5.41, 5.74) is -2.56. The molecule has 5 aromatic rings. The second-order valence-corrected chi connectivity index (χ2v) is 13.5. The molecule has 3 amide bonds. The molecule has 1 aliphatic rings. The molecule has 1 saturated heterocycles. The number of imide groups is 1. The number of carbonyl (C=O) groups excluding carboxylic acids is 2. The van der Waals surface area contributed by atoms with E-state index in [9.17, 15) is 31.2 Å². The number of anilines is 1. The van der Waals surface area contributed by atoms with Crippen LogP contribution in [0.25, 0.3) is 21.8 Å². The number of benzene rings is 3. The minimum Gasteiger partial charge on any atom is -0.322 e. The Morgan fingerprint density at radius 1 is 0.761 bits per heavy atom. The number of hydrogen-bond donors (Lipinski definition) is 1. The zero-order chi connectivity index (χ0) is 33.2. The van der Waals surface area contributed by atoms with Gasteiger partial charge in [-0.05, 0) is 72.5 Å². The normalized spacial score (nSPS) is 18.6. The molecule has 2 atom stereocenters. The number of sulfone groups is 1. The fraction of sp³-hybridized carbons (Fsp3) is 0.235. The topological polar surface area (TPSA) is 109 Å². The monoisotopic (exact) mass is 646 g/mol. The molecular weight excluding hydrogens is 617 g/mol. The molecule has 1 N–H and O–H groups in total. The van der Waals surface area contributed by atoms with Crippen LogP contribution in [-0.4, -0.2) is 41.4 Å². The lowest BCUT2D eigenvalue weighted by molar-refractivity contribution is -0.123. The maximum Gasteiger partial charge on any atom is 0.501 e. The zero-order valence-electron chi connectivity index (χ0n) is 25.3. The number of aryl methyl sites for hydroxylation is 2. The van der Waals surface area contributed by atoms with Gasteiger partial charge < -0.3 is 5.32 Å². The van der Waals surface area contributed by atoms with Crippen molar-refractivity contribution in [1.29, 1.82) is 0 Å². The lowest BCUT2D eigenvalue weighted by Gasteiger charge is -2.40. The molecule has 8 nitrogen and oxygen atoms in total. The van der Waals surface area contributed by atoms with E-state index in [1.165, 1.54) is 0 Å². The molecule has 12 heteroatoms. The van der Waals surface area contributed by atoms with E-state index in [0.717, 1.165) is 62.2 Å². The molecule has 46 heavy (non-hydrogen) atoms. The Labute approximate surface area is 263 Å². The third-order valence-electron chi connectivity index (χ3n) is 9.05. The molecule has 6 rings (SSSR count). The second-order valence-electron chi connectivity index (χ2n) is 11.6. The molecule has 0 saturated carbocycles. The standard InChI is InChI=1S/C34H29F3N4O4S/c1-19-17-38-27-11-7-5-9-25(27)29(19)21(3)33(22(4)30-20(2)18-39-28-12-8-6-10-26(28)30)31(42)41(32(43)40-33)23-13-15-24(16-14-23)46(44,45)34(35,36)37/h5-18,21-22H,1-4H3,(H,40,43). The van der Waals surface area contributed by atoms with Crippen LogP contribution in [0, 0.1) is 13.8 Å². The molecule has 236 valence electrons. The number of carbonyl (C=O) groups is 2. The first-order chi connectivity index (χ1) is 21.7. The molecule has 1 fully saturated rings. The Balaban J connectivity index is 1.56. The Morgan fingerprint density at radius 3 is 1.67 bits per heavy atom. The van der Waals surface area contributed by atoms with Crippen LogP contribution in [-0.2, 0) is 14.6 Å². The fourth-order valence-electron chi connectivity index (χ4n) is 6.80. The highest BCUT2D eigenvalue weighted by Crippen LogP contribution is 2.48. The van der Waals surface area contributed by atoms with E-state index < -0.39 is 49.6 Å².